The average molecular weight is 233 g/mol. The molecule has 7 nitrogen and oxygen atoms in total. The van der Waals surface area contributed by atoms with Crippen LogP contribution in [0.25, 0.3) is 0 Å². The smallest absolute Gasteiger partial charge is 0.312 e. The summed E-state index contributed by atoms with van der Waals surface area (Å²) in [6, 6.07) is 2.98. The van der Waals surface area contributed by atoms with Crippen LogP contribution in [0.5, 0.6) is 0 Å². The normalized spacial score (nSPS) is 10.1. The summed E-state index contributed by atoms with van der Waals surface area (Å²) >= 11 is 0. The minimum atomic E-state index is -0.581. The lowest BCUT2D eigenvalue weighted by Gasteiger charge is -2.03. The van der Waals surface area contributed by atoms with Crippen molar-refractivity contribution in [3.05, 3.63) is 40.1 Å². The molecule has 0 aliphatic heterocycles. The van der Waals surface area contributed by atoms with Crippen molar-refractivity contribution >= 4 is 11.5 Å². The first-order chi connectivity index (χ1) is 8.19. The average Bonchev–Trinajstić information content (AvgIpc) is 2.34. The Kier molecular flexibility index (Phi) is 4.59. The molecule has 0 bridgehead atoms. The molecule has 0 aliphatic rings. The third-order valence-corrected chi connectivity index (χ3v) is 1.88. The zero-order valence-corrected chi connectivity index (χ0v) is 8.96. The van der Waals surface area contributed by atoms with Gasteiger partial charge in [-0.1, -0.05) is 12.2 Å². The van der Waals surface area contributed by atoms with Crippen LogP contribution in [0, 0.1) is 21.4 Å². The number of aromatic nitrogens is 1. The van der Waals surface area contributed by atoms with Gasteiger partial charge in [0.05, 0.1) is 10.5 Å². The quantitative estimate of drug-likeness (QED) is 0.441. The van der Waals surface area contributed by atoms with E-state index in [2.05, 4.69) is 10.3 Å². The van der Waals surface area contributed by atoms with E-state index in [4.69, 9.17) is 11.0 Å². The van der Waals surface area contributed by atoms with E-state index in [0.29, 0.717) is 13.1 Å². The molecule has 0 atom stereocenters. The van der Waals surface area contributed by atoms with E-state index in [1.54, 1.807) is 18.2 Å². The predicted molar refractivity (Wildman–Crippen MR) is 62.3 cm³/mol. The van der Waals surface area contributed by atoms with Crippen LogP contribution in [-0.2, 0) is 0 Å². The molecule has 0 saturated carbocycles. The molecule has 0 aliphatic carbocycles. The number of rotatable bonds is 5. The molecule has 0 amide bonds. The molecular weight excluding hydrogens is 222 g/mol. The highest BCUT2D eigenvalue weighted by molar-refractivity contribution is 5.58. The SMILES string of the molecule is N#Cc1cnc(NC/C=C/CN)c([N+](=O)[O-])c1. The van der Waals surface area contributed by atoms with E-state index in [1.807, 2.05) is 0 Å². The van der Waals surface area contributed by atoms with Gasteiger partial charge in [-0.25, -0.2) is 4.98 Å². The number of hydrogen-bond acceptors (Lipinski definition) is 6. The topological polar surface area (TPSA) is 118 Å². The molecular formula is C10H11N5O2. The maximum absolute atomic E-state index is 10.8. The van der Waals surface area contributed by atoms with Gasteiger partial charge in [-0.05, 0) is 0 Å². The van der Waals surface area contributed by atoms with Crippen LogP contribution in [0.3, 0.4) is 0 Å². The van der Waals surface area contributed by atoms with Crippen LogP contribution >= 0.6 is 0 Å². The first-order valence-electron chi connectivity index (χ1n) is 4.82. The van der Waals surface area contributed by atoms with Crippen LogP contribution in [0.1, 0.15) is 5.56 Å². The molecule has 0 radical (unpaired) electrons. The Balaban J connectivity index is 2.88. The second kappa shape index (κ2) is 6.19. The van der Waals surface area contributed by atoms with Gasteiger partial charge in [-0.2, -0.15) is 5.26 Å². The predicted octanol–water partition coefficient (Wildman–Crippen LogP) is 0.788. The highest BCUT2D eigenvalue weighted by atomic mass is 16.6. The molecule has 1 rings (SSSR count). The number of nitro groups is 1. The molecule has 0 spiro atoms. The van der Waals surface area contributed by atoms with E-state index in [-0.39, 0.29) is 17.1 Å². The highest BCUT2D eigenvalue weighted by Gasteiger charge is 2.15. The van der Waals surface area contributed by atoms with Crippen LogP contribution in [0.4, 0.5) is 11.5 Å². The van der Waals surface area contributed by atoms with Gasteiger partial charge in [-0.3, -0.25) is 10.1 Å². The number of anilines is 1. The lowest BCUT2D eigenvalue weighted by atomic mass is 10.3. The summed E-state index contributed by atoms with van der Waals surface area (Å²) in [5.41, 5.74) is 5.18. The van der Waals surface area contributed by atoms with Crippen molar-refractivity contribution in [1.82, 2.24) is 4.98 Å². The lowest BCUT2D eigenvalue weighted by molar-refractivity contribution is -0.384. The van der Waals surface area contributed by atoms with E-state index in [1.165, 1.54) is 12.3 Å². The number of nitrogens with two attached hydrogens (primary N) is 1. The lowest BCUT2D eigenvalue weighted by Crippen LogP contribution is -2.05. The minimum absolute atomic E-state index is 0.135. The molecule has 17 heavy (non-hydrogen) atoms. The van der Waals surface area contributed by atoms with Gasteiger partial charge in [0.1, 0.15) is 6.07 Å². The Bertz CT molecular complexity index is 478. The van der Waals surface area contributed by atoms with Crippen molar-refractivity contribution in [3.8, 4) is 6.07 Å². The Labute approximate surface area is 97.7 Å². The van der Waals surface area contributed by atoms with Crippen molar-refractivity contribution < 1.29 is 4.92 Å². The molecule has 88 valence electrons. The molecule has 0 fully saturated rings. The Hall–Kier alpha value is -2.46. The van der Waals surface area contributed by atoms with Gasteiger partial charge < -0.3 is 11.1 Å². The Morgan fingerprint density at radius 3 is 3.00 bits per heavy atom. The second-order valence-corrected chi connectivity index (χ2v) is 3.05. The van der Waals surface area contributed by atoms with Crippen LogP contribution in [0.2, 0.25) is 0 Å². The molecule has 3 N–H and O–H groups in total. The summed E-state index contributed by atoms with van der Waals surface area (Å²) in [5.74, 6) is 0.135. The van der Waals surface area contributed by atoms with Gasteiger partial charge in [0.15, 0.2) is 0 Å². The summed E-state index contributed by atoms with van der Waals surface area (Å²) in [4.78, 5) is 14.0. The van der Waals surface area contributed by atoms with Gasteiger partial charge in [0.25, 0.3) is 0 Å². The molecule has 0 aromatic carbocycles. The van der Waals surface area contributed by atoms with Crippen LogP contribution in [-0.4, -0.2) is 23.0 Å². The fraction of sp³-hybridized carbons (Fsp3) is 0.200. The highest BCUT2D eigenvalue weighted by Crippen LogP contribution is 2.22. The van der Waals surface area contributed by atoms with Gasteiger partial charge >= 0.3 is 5.69 Å². The fourth-order valence-electron chi connectivity index (χ4n) is 1.12. The molecule has 1 heterocycles. The molecule has 1 aromatic heterocycles. The first-order valence-corrected chi connectivity index (χ1v) is 4.82. The zero-order valence-electron chi connectivity index (χ0n) is 8.96. The maximum atomic E-state index is 10.8. The second-order valence-electron chi connectivity index (χ2n) is 3.05. The standard InChI is InChI=1S/C10H11N5O2/c11-3-1-2-4-13-10-9(15(16)17)5-8(6-12)7-14-10/h1-2,5,7H,3-4,11H2,(H,13,14)/b2-1+. The monoisotopic (exact) mass is 233 g/mol. The van der Waals surface area contributed by atoms with Gasteiger partial charge in [-0.15, -0.1) is 0 Å². The largest absolute Gasteiger partial charge is 0.361 e. The van der Waals surface area contributed by atoms with Crippen LogP contribution < -0.4 is 11.1 Å². The van der Waals surface area contributed by atoms with Crippen molar-refractivity contribution in [2.45, 2.75) is 0 Å². The number of pyridine rings is 1. The van der Waals surface area contributed by atoms with Crippen molar-refractivity contribution in [2.75, 3.05) is 18.4 Å². The van der Waals surface area contributed by atoms with E-state index >= 15 is 0 Å². The Morgan fingerprint density at radius 2 is 2.41 bits per heavy atom. The third-order valence-electron chi connectivity index (χ3n) is 1.88. The number of nitrogens with zero attached hydrogens (tertiary/aromatic N) is 3. The van der Waals surface area contributed by atoms with Gasteiger partial charge in [0.2, 0.25) is 5.82 Å². The summed E-state index contributed by atoms with van der Waals surface area (Å²) in [6.07, 6.45) is 4.74. The van der Waals surface area contributed by atoms with Gasteiger partial charge in [0, 0.05) is 25.4 Å². The summed E-state index contributed by atoms with van der Waals surface area (Å²) < 4.78 is 0. The number of nitrogens with one attached hydrogen (secondary N) is 1. The minimum Gasteiger partial charge on any atom is -0.361 e. The fourth-order valence-corrected chi connectivity index (χ4v) is 1.12. The summed E-state index contributed by atoms with van der Waals surface area (Å²) in [7, 11) is 0. The van der Waals surface area contributed by atoms with Crippen molar-refractivity contribution in [2.24, 2.45) is 5.73 Å². The van der Waals surface area contributed by atoms with Crippen molar-refractivity contribution in [1.29, 1.82) is 5.26 Å². The number of nitriles is 1. The van der Waals surface area contributed by atoms with E-state index in [0.717, 1.165) is 0 Å². The van der Waals surface area contributed by atoms with Crippen LogP contribution in [0.15, 0.2) is 24.4 Å². The molecule has 0 saturated heterocycles. The number of hydrogen-bond donors (Lipinski definition) is 2. The molecule has 1 aromatic rings. The summed E-state index contributed by atoms with van der Waals surface area (Å²) in [5, 5.41) is 22.2. The zero-order chi connectivity index (χ0) is 12.7. The first kappa shape index (κ1) is 12.6. The molecule has 0 unspecified atom stereocenters. The van der Waals surface area contributed by atoms with E-state index in [9.17, 15) is 10.1 Å². The van der Waals surface area contributed by atoms with E-state index < -0.39 is 4.92 Å². The third kappa shape index (κ3) is 3.55. The molecule has 7 heteroatoms. The Morgan fingerprint density at radius 1 is 1.65 bits per heavy atom. The maximum Gasteiger partial charge on any atom is 0.312 e. The summed E-state index contributed by atoms with van der Waals surface area (Å²) in [6.45, 7) is 0.793. The van der Waals surface area contributed by atoms with Crippen molar-refractivity contribution in [3.63, 3.8) is 0 Å².